The number of benzene rings is 1. The number of nitrogens with zero attached hydrogens (tertiary/aromatic N) is 3. The van der Waals surface area contributed by atoms with Crippen molar-refractivity contribution < 1.29 is 4.39 Å². The van der Waals surface area contributed by atoms with Crippen LogP contribution in [0.15, 0.2) is 42.9 Å². The Bertz CT molecular complexity index is 761. The van der Waals surface area contributed by atoms with E-state index in [1.54, 1.807) is 24.5 Å². The number of imidazole rings is 1. The highest BCUT2D eigenvalue weighted by molar-refractivity contribution is 5.27. The normalized spacial score (nSPS) is 12.5. The summed E-state index contributed by atoms with van der Waals surface area (Å²) in [5.74, 6) is 0.526. The summed E-state index contributed by atoms with van der Waals surface area (Å²) < 4.78 is 16.1. The largest absolute Gasteiger partial charge is 0.336 e. The number of nitrogens with one attached hydrogen (secondary N) is 2. The molecule has 3 rings (SSSR count). The van der Waals surface area contributed by atoms with Gasteiger partial charge in [0.05, 0.1) is 12.2 Å². The standard InChI is InChI=1S/C16H18FN5/c1-11-12(10-20-21-11)9-19-15(16-18-7-8-22(16)2)13-5-3-4-6-14(13)17/h3-8,10,15,19H,9H2,1-2H3,(H,20,21)/t15-/m1/s1. The van der Waals surface area contributed by atoms with Crippen molar-refractivity contribution in [2.24, 2.45) is 7.05 Å². The Hall–Kier alpha value is -2.47. The molecule has 0 saturated carbocycles. The summed E-state index contributed by atoms with van der Waals surface area (Å²) in [7, 11) is 1.90. The van der Waals surface area contributed by atoms with E-state index in [0.29, 0.717) is 12.1 Å². The lowest BCUT2D eigenvalue weighted by atomic mass is 10.0. The molecule has 0 spiro atoms. The molecule has 114 valence electrons. The van der Waals surface area contributed by atoms with Gasteiger partial charge in [-0.25, -0.2) is 9.37 Å². The maximum atomic E-state index is 14.2. The smallest absolute Gasteiger partial charge is 0.130 e. The highest BCUT2D eigenvalue weighted by Crippen LogP contribution is 2.23. The molecular formula is C16H18FN5. The van der Waals surface area contributed by atoms with E-state index in [-0.39, 0.29) is 11.9 Å². The van der Waals surface area contributed by atoms with Gasteiger partial charge in [-0.1, -0.05) is 18.2 Å². The fraction of sp³-hybridized carbons (Fsp3) is 0.250. The summed E-state index contributed by atoms with van der Waals surface area (Å²) in [6.07, 6.45) is 5.35. The first-order valence-corrected chi connectivity index (χ1v) is 7.10. The lowest BCUT2D eigenvalue weighted by molar-refractivity contribution is 0.520. The second-order valence-corrected chi connectivity index (χ2v) is 5.25. The van der Waals surface area contributed by atoms with Crippen molar-refractivity contribution in [2.75, 3.05) is 0 Å². The van der Waals surface area contributed by atoms with Crippen LogP contribution in [0.1, 0.15) is 28.7 Å². The maximum absolute atomic E-state index is 14.2. The number of aromatic amines is 1. The lowest BCUT2D eigenvalue weighted by Gasteiger charge is -2.19. The Morgan fingerprint density at radius 2 is 2.18 bits per heavy atom. The lowest BCUT2D eigenvalue weighted by Crippen LogP contribution is -2.25. The molecule has 5 nitrogen and oxygen atoms in total. The van der Waals surface area contributed by atoms with Gasteiger partial charge < -0.3 is 4.57 Å². The van der Waals surface area contributed by atoms with Crippen LogP contribution in [0.5, 0.6) is 0 Å². The summed E-state index contributed by atoms with van der Waals surface area (Å²) in [5, 5.41) is 10.3. The van der Waals surface area contributed by atoms with Crippen molar-refractivity contribution in [1.82, 2.24) is 25.1 Å². The number of rotatable bonds is 5. The van der Waals surface area contributed by atoms with E-state index in [4.69, 9.17) is 0 Å². The number of hydrogen-bond acceptors (Lipinski definition) is 3. The first-order chi connectivity index (χ1) is 10.7. The molecule has 0 aliphatic carbocycles. The van der Waals surface area contributed by atoms with Crippen LogP contribution in [0.2, 0.25) is 0 Å². The number of aryl methyl sites for hydroxylation is 2. The molecule has 0 aliphatic rings. The third-order valence-electron chi connectivity index (χ3n) is 3.76. The monoisotopic (exact) mass is 299 g/mol. The van der Waals surface area contributed by atoms with E-state index in [1.165, 1.54) is 6.07 Å². The molecule has 0 radical (unpaired) electrons. The topological polar surface area (TPSA) is 58.5 Å². The Kier molecular flexibility index (Phi) is 4.02. The second-order valence-electron chi connectivity index (χ2n) is 5.25. The zero-order valence-corrected chi connectivity index (χ0v) is 12.5. The Morgan fingerprint density at radius 1 is 1.36 bits per heavy atom. The van der Waals surface area contributed by atoms with Gasteiger partial charge in [0.2, 0.25) is 0 Å². The van der Waals surface area contributed by atoms with Gasteiger partial charge in [-0.05, 0) is 13.0 Å². The van der Waals surface area contributed by atoms with E-state index in [1.807, 2.05) is 30.8 Å². The van der Waals surface area contributed by atoms with Gasteiger partial charge in [-0.2, -0.15) is 5.10 Å². The molecule has 0 amide bonds. The number of aromatic nitrogens is 4. The predicted octanol–water partition coefficient (Wildman–Crippen LogP) is 2.47. The zero-order chi connectivity index (χ0) is 15.5. The predicted molar refractivity (Wildman–Crippen MR) is 81.6 cm³/mol. The first kappa shape index (κ1) is 14.5. The van der Waals surface area contributed by atoms with Crippen LogP contribution in [0.25, 0.3) is 0 Å². The van der Waals surface area contributed by atoms with Gasteiger partial charge in [0.15, 0.2) is 0 Å². The molecule has 0 fully saturated rings. The summed E-state index contributed by atoms with van der Waals surface area (Å²) in [5.41, 5.74) is 2.63. The minimum atomic E-state index is -0.324. The Balaban J connectivity index is 1.92. The number of hydrogen-bond donors (Lipinski definition) is 2. The van der Waals surface area contributed by atoms with Gasteiger partial charge in [0.25, 0.3) is 0 Å². The molecule has 0 aliphatic heterocycles. The Labute approximate surface area is 128 Å². The summed E-state index contributed by atoms with van der Waals surface area (Å²) >= 11 is 0. The molecular weight excluding hydrogens is 281 g/mol. The number of halogens is 1. The van der Waals surface area contributed by atoms with E-state index < -0.39 is 0 Å². The molecule has 0 saturated heterocycles. The van der Waals surface area contributed by atoms with Crippen molar-refractivity contribution in [3.8, 4) is 0 Å². The third kappa shape index (κ3) is 2.78. The van der Waals surface area contributed by atoms with Crippen molar-refractivity contribution in [1.29, 1.82) is 0 Å². The van der Waals surface area contributed by atoms with Gasteiger partial charge in [0.1, 0.15) is 11.6 Å². The van der Waals surface area contributed by atoms with E-state index >= 15 is 0 Å². The van der Waals surface area contributed by atoms with Gasteiger partial charge >= 0.3 is 0 Å². The van der Waals surface area contributed by atoms with Crippen LogP contribution in [-0.4, -0.2) is 19.7 Å². The average molecular weight is 299 g/mol. The van der Waals surface area contributed by atoms with Crippen molar-refractivity contribution in [2.45, 2.75) is 19.5 Å². The van der Waals surface area contributed by atoms with E-state index in [2.05, 4.69) is 20.5 Å². The summed E-state index contributed by atoms with van der Waals surface area (Å²) in [6, 6.07) is 6.45. The first-order valence-electron chi connectivity index (χ1n) is 7.10. The fourth-order valence-electron chi connectivity index (χ4n) is 2.47. The Morgan fingerprint density at radius 3 is 2.82 bits per heavy atom. The molecule has 1 atom stereocenters. The minimum absolute atomic E-state index is 0.244. The molecule has 2 heterocycles. The highest BCUT2D eigenvalue weighted by atomic mass is 19.1. The van der Waals surface area contributed by atoms with Crippen molar-refractivity contribution in [3.63, 3.8) is 0 Å². The maximum Gasteiger partial charge on any atom is 0.130 e. The molecule has 22 heavy (non-hydrogen) atoms. The van der Waals surface area contributed by atoms with Crippen LogP contribution in [-0.2, 0) is 13.6 Å². The molecule has 1 aromatic carbocycles. The van der Waals surface area contributed by atoms with Crippen LogP contribution in [0, 0.1) is 12.7 Å². The third-order valence-corrected chi connectivity index (χ3v) is 3.76. The SMILES string of the molecule is Cc1[nH]ncc1CN[C@H](c1ccccc1F)c1nccn1C. The van der Waals surface area contributed by atoms with Crippen molar-refractivity contribution in [3.05, 3.63) is 71.3 Å². The van der Waals surface area contributed by atoms with Crippen LogP contribution < -0.4 is 5.32 Å². The second kappa shape index (κ2) is 6.11. The minimum Gasteiger partial charge on any atom is -0.336 e. The number of H-pyrrole nitrogens is 1. The van der Waals surface area contributed by atoms with Gasteiger partial charge in [0, 0.05) is 42.8 Å². The van der Waals surface area contributed by atoms with Crippen LogP contribution in [0.4, 0.5) is 4.39 Å². The summed E-state index contributed by atoms with van der Waals surface area (Å²) in [4.78, 5) is 4.37. The quantitative estimate of drug-likeness (QED) is 0.761. The molecule has 0 unspecified atom stereocenters. The van der Waals surface area contributed by atoms with Crippen LogP contribution >= 0.6 is 0 Å². The fourth-order valence-corrected chi connectivity index (χ4v) is 2.47. The van der Waals surface area contributed by atoms with E-state index in [9.17, 15) is 4.39 Å². The molecule has 0 bridgehead atoms. The van der Waals surface area contributed by atoms with Crippen LogP contribution in [0.3, 0.4) is 0 Å². The zero-order valence-electron chi connectivity index (χ0n) is 12.5. The van der Waals surface area contributed by atoms with Gasteiger partial charge in [-0.15, -0.1) is 0 Å². The molecule has 2 N–H and O–H groups in total. The highest BCUT2D eigenvalue weighted by Gasteiger charge is 2.21. The van der Waals surface area contributed by atoms with Crippen molar-refractivity contribution >= 4 is 0 Å². The molecule has 6 heteroatoms. The summed E-state index contributed by atoms with van der Waals surface area (Å²) in [6.45, 7) is 2.54. The molecule has 2 aromatic heterocycles. The van der Waals surface area contributed by atoms with E-state index in [0.717, 1.165) is 17.1 Å². The van der Waals surface area contributed by atoms with Gasteiger partial charge in [-0.3, -0.25) is 10.4 Å². The average Bonchev–Trinajstić information content (AvgIpc) is 3.10. The molecule has 3 aromatic rings.